The first-order chi connectivity index (χ1) is 15.0. The van der Waals surface area contributed by atoms with Crippen LogP contribution in [0.15, 0.2) is 36.5 Å². The van der Waals surface area contributed by atoms with E-state index in [2.05, 4.69) is 76.5 Å². The van der Waals surface area contributed by atoms with Crippen LogP contribution in [0, 0.1) is 6.92 Å². The number of benzene rings is 1. The third kappa shape index (κ3) is 4.96. The van der Waals surface area contributed by atoms with Crippen LogP contribution in [0.5, 0.6) is 0 Å². The molecular formula is C25H34N6. The number of anilines is 2. The van der Waals surface area contributed by atoms with Crippen molar-refractivity contribution in [2.45, 2.75) is 46.1 Å². The molecule has 1 fully saturated rings. The Kier molecular flexibility index (Phi) is 6.66. The Morgan fingerprint density at radius 3 is 2.68 bits per heavy atom. The highest BCUT2D eigenvalue weighted by atomic mass is 15.3. The molecule has 4 rings (SSSR count). The molecule has 31 heavy (non-hydrogen) atoms. The number of fused-ring (bicyclic) bond motifs is 1. The molecule has 1 saturated heterocycles. The number of nitrogens with zero attached hydrogens (tertiary/aromatic N) is 5. The second-order valence-corrected chi connectivity index (χ2v) is 8.73. The van der Waals surface area contributed by atoms with E-state index in [0.29, 0.717) is 0 Å². The number of hydrogen-bond donors (Lipinski definition) is 1. The summed E-state index contributed by atoms with van der Waals surface area (Å²) in [6.45, 7) is 10.6. The molecule has 1 aliphatic heterocycles. The summed E-state index contributed by atoms with van der Waals surface area (Å²) in [5.41, 5.74) is 5.60. The van der Waals surface area contributed by atoms with Crippen LogP contribution in [0.3, 0.4) is 0 Å². The third-order valence-corrected chi connectivity index (χ3v) is 6.26. The summed E-state index contributed by atoms with van der Waals surface area (Å²) in [4.78, 5) is 9.54. The molecule has 1 aliphatic rings. The number of aryl methyl sites for hydroxylation is 2. The lowest BCUT2D eigenvalue weighted by Gasteiger charge is -2.34. The molecule has 164 valence electrons. The molecule has 0 spiro atoms. The van der Waals surface area contributed by atoms with Crippen molar-refractivity contribution >= 4 is 22.4 Å². The summed E-state index contributed by atoms with van der Waals surface area (Å²) < 4.78 is 0. The van der Waals surface area contributed by atoms with Gasteiger partial charge in [-0.05, 0) is 50.9 Å². The van der Waals surface area contributed by atoms with Gasteiger partial charge in [-0.1, -0.05) is 37.6 Å². The molecule has 1 N–H and O–H groups in total. The molecular weight excluding hydrogens is 384 g/mol. The van der Waals surface area contributed by atoms with E-state index < -0.39 is 0 Å². The molecule has 0 amide bonds. The van der Waals surface area contributed by atoms with Gasteiger partial charge in [-0.3, -0.25) is 4.98 Å². The minimum atomic E-state index is 0.133. The summed E-state index contributed by atoms with van der Waals surface area (Å²) in [6.07, 6.45) is 5.54. The summed E-state index contributed by atoms with van der Waals surface area (Å²) in [6, 6.07) is 11.2. The van der Waals surface area contributed by atoms with Gasteiger partial charge in [-0.2, -0.15) is 5.10 Å². The lowest BCUT2D eigenvalue weighted by Crippen LogP contribution is -2.44. The summed E-state index contributed by atoms with van der Waals surface area (Å²) in [7, 11) is 2.18. The first-order valence-corrected chi connectivity index (χ1v) is 11.5. The van der Waals surface area contributed by atoms with Gasteiger partial charge in [-0.25, -0.2) is 0 Å². The van der Waals surface area contributed by atoms with Crippen molar-refractivity contribution in [2.75, 3.05) is 43.4 Å². The quantitative estimate of drug-likeness (QED) is 0.605. The Bertz CT molecular complexity index is 1030. The smallest absolute Gasteiger partial charge is 0.158 e. The Balaban J connectivity index is 1.61. The van der Waals surface area contributed by atoms with E-state index in [4.69, 9.17) is 4.98 Å². The molecule has 0 saturated carbocycles. The van der Waals surface area contributed by atoms with Crippen LogP contribution < -0.4 is 10.2 Å². The Hall–Kier alpha value is -2.73. The minimum absolute atomic E-state index is 0.133. The topological polar surface area (TPSA) is 57.2 Å². The van der Waals surface area contributed by atoms with E-state index in [9.17, 15) is 0 Å². The van der Waals surface area contributed by atoms with Gasteiger partial charge in [0.1, 0.15) is 0 Å². The van der Waals surface area contributed by atoms with E-state index in [1.165, 1.54) is 24.0 Å². The van der Waals surface area contributed by atoms with Crippen LogP contribution in [0.1, 0.15) is 49.6 Å². The maximum atomic E-state index is 4.77. The fourth-order valence-electron chi connectivity index (χ4n) is 4.18. The van der Waals surface area contributed by atoms with Gasteiger partial charge in [0.2, 0.25) is 0 Å². The summed E-state index contributed by atoms with van der Waals surface area (Å²) >= 11 is 0. The monoisotopic (exact) mass is 418 g/mol. The molecule has 0 bridgehead atoms. The lowest BCUT2D eigenvalue weighted by atomic mass is 10.0. The molecule has 0 unspecified atom stereocenters. The summed E-state index contributed by atoms with van der Waals surface area (Å²) in [5, 5.41) is 13.5. The predicted octanol–water partition coefficient (Wildman–Crippen LogP) is 4.60. The van der Waals surface area contributed by atoms with Gasteiger partial charge in [0.05, 0.1) is 29.1 Å². The van der Waals surface area contributed by atoms with Crippen molar-refractivity contribution < 1.29 is 0 Å². The maximum absolute atomic E-state index is 4.77. The van der Waals surface area contributed by atoms with Crippen molar-refractivity contribution in [3.63, 3.8) is 0 Å². The number of piperazine rings is 1. The Morgan fingerprint density at radius 2 is 1.90 bits per heavy atom. The maximum Gasteiger partial charge on any atom is 0.158 e. The van der Waals surface area contributed by atoms with E-state index in [1.807, 2.05) is 13.1 Å². The van der Waals surface area contributed by atoms with E-state index in [0.717, 1.165) is 60.7 Å². The van der Waals surface area contributed by atoms with Crippen molar-refractivity contribution in [3.05, 3.63) is 53.3 Å². The first-order valence-electron chi connectivity index (χ1n) is 11.5. The molecule has 1 aromatic carbocycles. The molecule has 6 nitrogen and oxygen atoms in total. The van der Waals surface area contributed by atoms with Crippen molar-refractivity contribution in [2.24, 2.45) is 0 Å². The van der Waals surface area contributed by atoms with E-state index in [1.54, 1.807) is 0 Å². The number of hydrogen-bond acceptors (Lipinski definition) is 6. The van der Waals surface area contributed by atoms with Gasteiger partial charge in [0, 0.05) is 31.6 Å². The molecule has 0 radical (unpaired) electrons. The van der Waals surface area contributed by atoms with Crippen LogP contribution in [-0.2, 0) is 6.42 Å². The average molecular weight is 419 g/mol. The average Bonchev–Trinajstić information content (AvgIpc) is 2.80. The second-order valence-electron chi connectivity index (χ2n) is 8.73. The van der Waals surface area contributed by atoms with Crippen LogP contribution in [0.2, 0.25) is 0 Å². The number of unbranched alkanes of at least 4 members (excludes halogenated alkanes) is 1. The molecule has 2 aromatic heterocycles. The zero-order valence-corrected chi connectivity index (χ0v) is 19.2. The van der Waals surface area contributed by atoms with Crippen LogP contribution in [-0.4, -0.2) is 53.3 Å². The van der Waals surface area contributed by atoms with Crippen molar-refractivity contribution in [1.82, 2.24) is 20.1 Å². The minimum Gasteiger partial charge on any atom is -0.368 e. The Labute approximate surface area is 185 Å². The lowest BCUT2D eigenvalue weighted by molar-refractivity contribution is 0.313. The highest BCUT2D eigenvalue weighted by Gasteiger charge is 2.18. The summed E-state index contributed by atoms with van der Waals surface area (Å²) in [5.74, 6) is 0.801. The molecule has 3 heterocycles. The standard InChI is InChI=1S/C25H34N6/c1-5-6-8-20-9-7-10-21(15-20)18(2)27-25-23-16-22(31-13-11-30(4)12-14-31)17-26-24(23)19(3)28-29-25/h7,9-10,15-18H,5-6,8,11-14H2,1-4H3,(H,27,29)/t18-/m1/s1. The number of rotatable bonds is 7. The van der Waals surface area contributed by atoms with Crippen molar-refractivity contribution in [1.29, 1.82) is 0 Å². The SMILES string of the molecule is CCCCc1cccc([C@@H](C)Nc2nnc(C)c3ncc(N4CCN(C)CC4)cc23)c1. The van der Waals surface area contributed by atoms with Gasteiger partial charge in [-0.15, -0.1) is 5.10 Å². The first kappa shape index (κ1) is 21.5. The third-order valence-electron chi connectivity index (χ3n) is 6.26. The molecule has 3 aromatic rings. The van der Waals surface area contributed by atoms with E-state index in [-0.39, 0.29) is 6.04 Å². The zero-order chi connectivity index (χ0) is 21.8. The van der Waals surface area contributed by atoms with Gasteiger partial charge in [0.15, 0.2) is 5.82 Å². The highest BCUT2D eigenvalue weighted by Crippen LogP contribution is 2.29. The predicted molar refractivity (Wildman–Crippen MR) is 129 cm³/mol. The largest absolute Gasteiger partial charge is 0.368 e. The van der Waals surface area contributed by atoms with Gasteiger partial charge >= 0.3 is 0 Å². The highest BCUT2D eigenvalue weighted by molar-refractivity contribution is 5.92. The molecule has 6 heteroatoms. The number of pyridine rings is 1. The fourth-order valence-corrected chi connectivity index (χ4v) is 4.18. The van der Waals surface area contributed by atoms with Crippen LogP contribution in [0.4, 0.5) is 11.5 Å². The Morgan fingerprint density at radius 1 is 1.10 bits per heavy atom. The van der Waals surface area contributed by atoms with Crippen molar-refractivity contribution in [3.8, 4) is 0 Å². The van der Waals surface area contributed by atoms with Crippen LogP contribution in [0.25, 0.3) is 10.9 Å². The van der Waals surface area contributed by atoms with Gasteiger partial charge in [0.25, 0.3) is 0 Å². The number of nitrogens with one attached hydrogen (secondary N) is 1. The van der Waals surface area contributed by atoms with Crippen LogP contribution >= 0.6 is 0 Å². The van der Waals surface area contributed by atoms with Gasteiger partial charge < -0.3 is 15.1 Å². The number of aromatic nitrogens is 3. The molecule has 1 atom stereocenters. The zero-order valence-electron chi connectivity index (χ0n) is 19.2. The number of likely N-dealkylation sites (N-methyl/N-ethyl adjacent to an activating group) is 1. The normalized spacial score (nSPS) is 15.9. The molecule has 0 aliphatic carbocycles. The fraction of sp³-hybridized carbons (Fsp3) is 0.480. The second kappa shape index (κ2) is 9.60. The van der Waals surface area contributed by atoms with E-state index >= 15 is 0 Å².